The lowest BCUT2D eigenvalue weighted by Crippen LogP contribution is -2.24. The van der Waals surface area contributed by atoms with Crippen LogP contribution < -0.4 is 5.32 Å². The number of hydrogen-bond donors (Lipinski definition) is 3. The molecule has 1 aromatic heterocycles. The van der Waals surface area contributed by atoms with Crippen LogP contribution in [-0.4, -0.2) is 21.8 Å². The summed E-state index contributed by atoms with van der Waals surface area (Å²) in [6, 6.07) is 7.16. The quantitative estimate of drug-likeness (QED) is 0.794. The molecule has 0 spiro atoms. The van der Waals surface area contributed by atoms with Crippen molar-refractivity contribution in [3.63, 3.8) is 0 Å². The number of aryl methyl sites for hydroxylation is 1. The second-order valence-corrected chi connectivity index (χ2v) is 5.12. The molecule has 2 rings (SSSR count). The molecule has 0 radical (unpaired) electrons. The van der Waals surface area contributed by atoms with E-state index in [1.807, 2.05) is 6.92 Å². The largest absolute Gasteiger partial charge is 0.506 e. The van der Waals surface area contributed by atoms with Crippen molar-refractivity contribution in [1.82, 2.24) is 10.3 Å². The highest BCUT2D eigenvalue weighted by atomic mass is 35.5. The number of nitrogens with zero attached hydrogens (tertiary/aromatic N) is 1. The van der Waals surface area contributed by atoms with Gasteiger partial charge in [0, 0.05) is 12.2 Å². The maximum Gasteiger partial charge on any atom is 0.142 e. The molecule has 21 heavy (non-hydrogen) atoms. The molecule has 0 saturated heterocycles. The summed E-state index contributed by atoms with van der Waals surface area (Å²) in [5, 5.41) is 22.2. The molecule has 0 aliphatic heterocycles. The Balaban J connectivity index is 2.12. The second kappa shape index (κ2) is 6.85. The Bertz CT molecular complexity index is 637. The molecule has 2 aromatic rings. The van der Waals surface area contributed by atoms with Gasteiger partial charge in [-0.3, -0.25) is 4.98 Å². The van der Waals surface area contributed by atoms with E-state index in [0.29, 0.717) is 11.3 Å². The van der Waals surface area contributed by atoms with E-state index < -0.39 is 11.9 Å². The van der Waals surface area contributed by atoms with Crippen molar-refractivity contribution in [1.29, 1.82) is 0 Å². The van der Waals surface area contributed by atoms with Crippen LogP contribution in [0.3, 0.4) is 0 Å². The Labute approximate surface area is 127 Å². The fourth-order valence-electron chi connectivity index (χ4n) is 1.97. The molecule has 0 bridgehead atoms. The fourth-order valence-corrected chi connectivity index (χ4v) is 2.09. The fraction of sp³-hybridized carbons (Fsp3) is 0.267. The highest BCUT2D eigenvalue weighted by Crippen LogP contribution is 2.21. The third-order valence-corrected chi connectivity index (χ3v) is 3.44. The van der Waals surface area contributed by atoms with Gasteiger partial charge in [0.25, 0.3) is 0 Å². The Hall–Kier alpha value is -1.69. The number of hydrogen-bond acceptors (Lipinski definition) is 4. The van der Waals surface area contributed by atoms with Gasteiger partial charge in [-0.25, -0.2) is 4.39 Å². The molecular weight excluding hydrogens is 295 g/mol. The molecule has 3 N–H and O–H groups in total. The number of aliphatic hydroxyl groups excluding tert-OH is 1. The van der Waals surface area contributed by atoms with Gasteiger partial charge in [-0.1, -0.05) is 17.7 Å². The first-order chi connectivity index (χ1) is 10.0. The van der Waals surface area contributed by atoms with Gasteiger partial charge >= 0.3 is 0 Å². The molecule has 0 aliphatic carbocycles. The Kier molecular flexibility index (Phi) is 5.12. The van der Waals surface area contributed by atoms with Crippen molar-refractivity contribution in [2.45, 2.75) is 19.5 Å². The predicted octanol–water partition coefficient (Wildman–Crippen LogP) is 2.71. The van der Waals surface area contributed by atoms with E-state index in [1.165, 1.54) is 12.1 Å². The molecule has 1 atom stereocenters. The van der Waals surface area contributed by atoms with E-state index >= 15 is 0 Å². The highest BCUT2D eigenvalue weighted by Gasteiger charge is 2.13. The van der Waals surface area contributed by atoms with Gasteiger partial charge < -0.3 is 15.5 Å². The standard InChI is InChI=1S/C15H16ClFN2O2/c1-9-2-5-15(21)13(19-9)7-18-14(8-20)10-3-4-11(16)12(17)6-10/h2-6,14,18,20-21H,7-8H2,1H3. The summed E-state index contributed by atoms with van der Waals surface area (Å²) in [6.45, 7) is 1.86. The molecule has 0 aliphatic rings. The molecule has 0 saturated carbocycles. The van der Waals surface area contributed by atoms with Crippen LogP contribution in [0.15, 0.2) is 30.3 Å². The van der Waals surface area contributed by atoms with Gasteiger partial charge in [0.2, 0.25) is 0 Å². The second-order valence-electron chi connectivity index (χ2n) is 4.71. The minimum atomic E-state index is -0.536. The van der Waals surface area contributed by atoms with Gasteiger partial charge in [0.1, 0.15) is 11.6 Å². The van der Waals surface area contributed by atoms with Crippen molar-refractivity contribution in [2.75, 3.05) is 6.61 Å². The number of nitrogens with one attached hydrogen (secondary N) is 1. The molecule has 1 unspecified atom stereocenters. The van der Waals surface area contributed by atoms with Crippen molar-refractivity contribution >= 4 is 11.6 Å². The van der Waals surface area contributed by atoms with E-state index in [-0.39, 0.29) is 23.9 Å². The SMILES string of the molecule is Cc1ccc(O)c(CNC(CO)c2ccc(Cl)c(F)c2)n1. The summed E-state index contributed by atoms with van der Waals surface area (Å²) < 4.78 is 13.5. The summed E-state index contributed by atoms with van der Waals surface area (Å²) >= 11 is 5.64. The van der Waals surface area contributed by atoms with Crippen molar-refractivity contribution in [2.24, 2.45) is 0 Å². The van der Waals surface area contributed by atoms with Gasteiger partial charge in [0.15, 0.2) is 0 Å². The lowest BCUT2D eigenvalue weighted by molar-refractivity contribution is 0.242. The van der Waals surface area contributed by atoms with Gasteiger partial charge in [-0.2, -0.15) is 0 Å². The third kappa shape index (κ3) is 3.91. The average Bonchev–Trinajstić information content (AvgIpc) is 2.46. The number of aliphatic hydroxyl groups is 1. The zero-order chi connectivity index (χ0) is 15.4. The Morgan fingerprint density at radius 3 is 2.76 bits per heavy atom. The summed E-state index contributed by atoms with van der Waals surface area (Å²) in [7, 11) is 0. The summed E-state index contributed by atoms with van der Waals surface area (Å²) in [6.07, 6.45) is 0. The van der Waals surface area contributed by atoms with Crippen LogP contribution in [-0.2, 0) is 6.54 Å². The number of halogens is 2. The highest BCUT2D eigenvalue weighted by molar-refractivity contribution is 6.30. The molecule has 0 fully saturated rings. The van der Waals surface area contributed by atoms with Crippen LogP contribution in [0, 0.1) is 12.7 Å². The minimum absolute atomic E-state index is 0.0356. The summed E-state index contributed by atoms with van der Waals surface area (Å²) in [5.41, 5.74) is 1.83. The number of rotatable bonds is 5. The predicted molar refractivity (Wildman–Crippen MR) is 78.7 cm³/mol. The topological polar surface area (TPSA) is 65.4 Å². The maximum atomic E-state index is 13.5. The number of aromatic nitrogens is 1. The third-order valence-electron chi connectivity index (χ3n) is 3.13. The maximum absolute atomic E-state index is 13.5. The van der Waals surface area contributed by atoms with Crippen LogP contribution in [0.5, 0.6) is 5.75 Å². The van der Waals surface area contributed by atoms with E-state index in [4.69, 9.17) is 11.6 Å². The molecule has 0 amide bonds. The molecular formula is C15H16ClFN2O2. The monoisotopic (exact) mass is 310 g/mol. The Morgan fingerprint density at radius 2 is 2.10 bits per heavy atom. The smallest absolute Gasteiger partial charge is 0.142 e. The van der Waals surface area contributed by atoms with Crippen LogP contribution in [0.1, 0.15) is 23.0 Å². The van der Waals surface area contributed by atoms with E-state index in [2.05, 4.69) is 10.3 Å². The Morgan fingerprint density at radius 1 is 1.33 bits per heavy atom. The number of aromatic hydroxyl groups is 1. The van der Waals surface area contributed by atoms with E-state index in [9.17, 15) is 14.6 Å². The van der Waals surface area contributed by atoms with Crippen LogP contribution in [0.4, 0.5) is 4.39 Å². The van der Waals surface area contributed by atoms with Gasteiger partial charge in [-0.15, -0.1) is 0 Å². The first kappa shape index (κ1) is 15.7. The van der Waals surface area contributed by atoms with Crippen LogP contribution in [0.2, 0.25) is 5.02 Å². The van der Waals surface area contributed by atoms with E-state index in [1.54, 1.807) is 18.2 Å². The van der Waals surface area contributed by atoms with Crippen LogP contribution >= 0.6 is 11.6 Å². The van der Waals surface area contributed by atoms with E-state index in [0.717, 1.165) is 5.69 Å². The lowest BCUT2D eigenvalue weighted by Gasteiger charge is -2.17. The van der Waals surface area contributed by atoms with Gasteiger partial charge in [-0.05, 0) is 36.8 Å². The first-order valence-electron chi connectivity index (χ1n) is 6.46. The average molecular weight is 311 g/mol. The van der Waals surface area contributed by atoms with Crippen molar-refractivity contribution < 1.29 is 14.6 Å². The normalized spacial score (nSPS) is 12.4. The van der Waals surface area contributed by atoms with Crippen LogP contribution in [0.25, 0.3) is 0 Å². The molecule has 112 valence electrons. The van der Waals surface area contributed by atoms with Crippen molar-refractivity contribution in [3.8, 4) is 5.75 Å². The molecule has 1 heterocycles. The molecule has 4 nitrogen and oxygen atoms in total. The molecule has 6 heteroatoms. The zero-order valence-corrected chi connectivity index (χ0v) is 12.2. The zero-order valence-electron chi connectivity index (χ0n) is 11.5. The summed E-state index contributed by atoms with van der Waals surface area (Å²) in [4.78, 5) is 4.21. The first-order valence-corrected chi connectivity index (χ1v) is 6.83. The minimum Gasteiger partial charge on any atom is -0.506 e. The lowest BCUT2D eigenvalue weighted by atomic mass is 10.1. The number of pyridine rings is 1. The van der Waals surface area contributed by atoms with Crippen molar-refractivity contribution in [3.05, 3.63) is 58.1 Å². The molecule has 1 aromatic carbocycles. The number of benzene rings is 1. The summed E-state index contributed by atoms with van der Waals surface area (Å²) in [5.74, 6) is -0.460. The van der Waals surface area contributed by atoms with Gasteiger partial charge in [0.05, 0.1) is 23.4 Å².